The van der Waals surface area contributed by atoms with Gasteiger partial charge in [-0.15, -0.1) is 0 Å². The number of aryl methyl sites for hydroxylation is 1. The van der Waals surface area contributed by atoms with E-state index in [2.05, 4.69) is 27.0 Å². The van der Waals surface area contributed by atoms with Crippen LogP contribution in [0, 0.1) is 10.5 Å². The Hall–Kier alpha value is -0.270. The SMILES string of the molecule is Cc1cc(I)cc(C(=O)Cl)c1N=S=O. The van der Waals surface area contributed by atoms with Gasteiger partial charge in [0.2, 0.25) is 11.5 Å². The summed E-state index contributed by atoms with van der Waals surface area (Å²) in [5.74, 6) is 0. The lowest BCUT2D eigenvalue weighted by molar-refractivity contribution is 0.108. The summed E-state index contributed by atoms with van der Waals surface area (Å²) in [7, 11) is 0. The monoisotopic (exact) mass is 341 g/mol. The topological polar surface area (TPSA) is 46.5 Å². The minimum absolute atomic E-state index is 0.0680. The zero-order valence-electron chi connectivity index (χ0n) is 7.08. The highest BCUT2D eigenvalue weighted by Gasteiger charge is 2.12. The Morgan fingerprint density at radius 1 is 1.57 bits per heavy atom. The molecule has 0 bridgehead atoms. The summed E-state index contributed by atoms with van der Waals surface area (Å²) in [5.41, 5.74) is 1.41. The number of carbonyl (C=O) groups excluding carboxylic acids is 1. The predicted molar refractivity (Wildman–Crippen MR) is 64.3 cm³/mol. The van der Waals surface area contributed by atoms with E-state index in [4.69, 9.17) is 11.6 Å². The van der Waals surface area contributed by atoms with Gasteiger partial charge in [0.15, 0.2) is 0 Å². The van der Waals surface area contributed by atoms with Gasteiger partial charge in [-0.2, -0.15) is 8.57 Å². The second-order valence-corrected chi connectivity index (χ2v) is 4.48. The number of hydrogen-bond acceptors (Lipinski definition) is 3. The molecule has 74 valence electrons. The maximum atomic E-state index is 11.0. The molecule has 0 aliphatic heterocycles. The zero-order valence-corrected chi connectivity index (χ0v) is 10.8. The molecule has 6 heteroatoms. The van der Waals surface area contributed by atoms with Gasteiger partial charge < -0.3 is 0 Å². The number of rotatable bonds is 2. The van der Waals surface area contributed by atoms with Crippen molar-refractivity contribution in [2.24, 2.45) is 4.36 Å². The molecule has 0 fully saturated rings. The van der Waals surface area contributed by atoms with Crippen LogP contribution in [-0.4, -0.2) is 9.45 Å². The molecule has 1 rings (SSSR count). The molecule has 14 heavy (non-hydrogen) atoms. The van der Waals surface area contributed by atoms with Gasteiger partial charge in [0.1, 0.15) is 0 Å². The molecule has 0 amide bonds. The summed E-state index contributed by atoms with van der Waals surface area (Å²) in [5, 5.41) is -0.598. The van der Waals surface area contributed by atoms with E-state index in [0.29, 0.717) is 5.69 Å². The predicted octanol–water partition coefficient (Wildman–Crippen LogP) is 3.01. The van der Waals surface area contributed by atoms with Gasteiger partial charge in [0.05, 0.1) is 11.3 Å². The standard InChI is InChI=1S/C8H5ClINO2S/c1-4-2-5(10)3-6(8(9)12)7(4)11-14-13/h2-3H,1H3. The fourth-order valence-corrected chi connectivity index (χ4v) is 2.28. The molecule has 0 saturated carbocycles. The van der Waals surface area contributed by atoms with Crippen LogP contribution in [0.1, 0.15) is 15.9 Å². The lowest BCUT2D eigenvalue weighted by atomic mass is 10.1. The van der Waals surface area contributed by atoms with Crippen LogP contribution in [0.4, 0.5) is 5.69 Å². The van der Waals surface area contributed by atoms with Crippen LogP contribution < -0.4 is 0 Å². The molecule has 0 unspecified atom stereocenters. The summed E-state index contributed by atoms with van der Waals surface area (Å²) in [4.78, 5) is 11.0. The Bertz CT molecular complexity index is 443. The molecule has 0 aromatic heterocycles. The molecule has 0 aliphatic carbocycles. The number of hydrogen-bond donors (Lipinski definition) is 0. The fourth-order valence-electron chi connectivity index (χ4n) is 1.04. The third-order valence-corrected chi connectivity index (χ3v) is 2.69. The van der Waals surface area contributed by atoms with E-state index in [1.165, 1.54) is 0 Å². The molecular weight excluding hydrogens is 337 g/mol. The van der Waals surface area contributed by atoms with E-state index >= 15 is 0 Å². The average Bonchev–Trinajstić information content (AvgIpc) is 2.09. The maximum Gasteiger partial charge on any atom is 0.254 e. The third kappa shape index (κ3) is 2.61. The molecule has 0 heterocycles. The molecule has 0 atom stereocenters. The van der Waals surface area contributed by atoms with Crippen molar-refractivity contribution in [1.82, 2.24) is 0 Å². The third-order valence-electron chi connectivity index (χ3n) is 1.61. The van der Waals surface area contributed by atoms with Crippen molar-refractivity contribution in [2.45, 2.75) is 6.92 Å². The van der Waals surface area contributed by atoms with Gasteiger partial charge in [0, 0.05) is 3.57 Å². The minimum Gasteiger partial charge on any atom is -0.276 e. The number of halogens is 2. The van der Waals surface area contributed by atoms with E-state index in [1.807, 2.05) is 6.07 Å². The first kappa shape index (κ1) is 11.8. The molecule has 3 nitrogen and oxygen atoms in total. The van der Waals surface area contributed by atoms with Crippen LogP contribution in [0.5, 0.6) is 0 Å². The zero-order chi connectivity index (χ0) is 10.7. The highest BCUT2D eigenvalue weighted by molar-refractivity contribution is 14.1. The molecule has 0 radical (unpaired) electrons. The lowest BCUT2D eigenvalue weighted by Gasteiger charge is -2.03. The Kier molecular flexibility index (Phi) is 4.21. The van der Waals surface area contributed by atoms with Gasteiger partial charge in [-0.3, -0.25) is 4.79 Å². The van der Waals surface area contributed by atoms with Crippen molar-refractivity contribution >= 4 is 56.6 Å². The fraction of sp³-hybridized carbons (Fsp3) is 0.125. The first-order valence-electron chi connectivity index (χ1n) is 3.56. The summed E-state index contributed by atoms with van der Waals surface area (Å²) >= 11 is 7.51. The Morgan fingerprint density at radius 2 is 2.21 bits per heavy atom. The van der Waals surface area contributed by atoms with E-state index in [-0.39, 0.29) is 17.0 Å². The van der Waals surface area contributed by atoms with Gasteiger partial charge >= 0.3 is 0 Å². The smallest absolute Gasteiger partial charge is 0.254 e. The largest absolute Gasteiger partial charge is 0.276 e. The van der Waals surface area contributed by atoms with Gasteiger partial charge in [-0.25, -0.2) is 0 Å². The molecule has 1 aromatic rings. The van der Waals surface area contributed by atoms with Crippen molar-refractivity contribution < 1.29 is 9.00 Å². The highest BCUT2D eigenvalue weighted by atomic mass is 127. The quantitative estimate of drug-likeness (QED) is 0.613. The first-order chi connectivity index (χ1) is 6.56. The van der Waals surface area contributed by atoms with E-state index in [0.717, 1.165) is 9.13 Å². The van der Waals surface area contributed by atoms with Gasteiger partial charge in [0.25, 0.3) is 5.24 Å². The van der Waals surface area contributed by atoms with Crippen LogP contribution in [0.25, 0.3) is 0 Å². The van der Waals surface area contributed by atoms with Crippen molar-refractivity contribution in [3.63, 3.8) is 0 Å². The number of nitrogens with zero attached hydrogens (tertiary/aromatic N) is 1. The van der Waals surface area contributed by atoms with E-state index in [1.54, 1.807) is 13.0 Å². The van der Waals surface area contributed by atoms with Crippen LogP contribution in [0.15, 0.2) is 16.5 Å². The van der Waals surface area contributed by atoms with E-state index in [9.17, 15) is 9.00 Å². The molecule has 0 aliphatic rings. The number of benzene rings is 1. The Balaban J connectivity index is 3.51. The maximum absolute atomic E-state index is 11.0. The molecule has 0 spiro atoms. The van der Waals surface area contributed by atoms with Gasteiger partial charge in [-0.1, -0.05) is 0 Å². The van der Waals surface area contributed by atoms with Crippen LogP contribution in [0.3, 0.4) is 0 Å². The summed E-state index contributed by atoms with van der Waals surface area (Å²) in [6.45, 7) is 1.78. The summed E-state index contributed by atoms with van der Waals surface area (Å²) in [6, 6.07) is 3.44. The molecule has 0 N–H and O–H groups in total. The highest BCUT2D eigenvalue weighted by Crippen LogP contribution is 2.27. The molecular formula is C8H5ClINO2S. The minimum atomic E-state index is -0.598. The Morgan fingerprint density at radius 3 is 2.71 bits per heavy atom. The van der Waals surface area contributed by atoms with Crippen molar-refractivity contribution in [1.29, 1.82) is 0 Å². The second kappa shape index (κ2) is 4.99. The Labute approximate surface area is 103 Å². The van der Waals surface area contributed by atoms with Crippen LogP contribution in [-0.2, 0) is 11.5 Å². The first-order valence-corrected chi connectivity index (χ1v) is 5.71. The lowest BCUT2D eigenvalue weighted by Crippen LogP contribution is -1.93. The van der Waals surface area contributed by atoms with Crippen molar-refractivity contribution in [3.05, 3.63) is 26.8 Å². The van der Waals surface area contributed by atoms with Crippen LogP contribution >= 0.6 is 34.2 Å². The van der Waals surface area contributed by atoms with Gasteiger partial charge in [-0.05, 0) is 58.8 Å². The molecule has 0 saturated heterocycles. The van der Waals surface area contributed by atoms with Crippen LogP contribution in [0.2, 0.25) is 0 Å². The summed E-state index contributed by atoms with van der Waals surface area (Å²) < 4.78 is 14.8. The van der Waals surface area contributed by atoms with E-state index < -0.39 is 5.24 Å². The number of carbonyl (C=O) groups is 1. The van der Waals surface area contributed by atoms with Crippen molar-refractivity contribution in [2.75, 3.05) is 0 Å². The average molecular weight is 342 g/mol. The normalized spacial score (nSPS) is 9.64. The second-order valence-electron chi connectivity index (χ2n) is 2.56. The van der Waals surface area contributed by atoms with Crippen molar-refractivity contribution in [3.8, 4) is 0 Å². The summed E-state index contributed by atoms with van der Waals surface area (Å²) in [6.07, 6.45) is 0. The molecule has 1 aromatic carbocycles.